The first kappa shape index (κ1) is 16.0. The van der Waals surface area contributed by atoms with Crippen LogP contribution in [-0.4, -0.2) is 24.1 Å². The number of imidazole rings is 1. The van der Waals surface area contributed by atoms with Gasteiger partial charge in [-0.05, 0) is 12.5 Å². The molecule has 6 nitrogen and oxygen atoms in total. The van der Waals surface area contributed by atoms with Crippen molar-refractivity contribution in [3.8, 4) is 11.3 Å². The van der Waals surface area contributed by atoms with E-state index in [0.717, 1.165) is 27.1 Å². The Morgan fingerprint density at radius 3 is 2.84 bits per heavy atom. The maximum atomic E-state index is 12.1. The molecule has 0 radical (unpaired) electrons. The summed E-state index contributed by atoms with van der Waals surface area (Å²) in [6.07, 6.45) is 1.87. The number of aryl methyl sites for hydroxylation is 1. The fraction of sp³-hybridized carbons (Fsp3) is 0.176. The van der Waals surface area contributed by atoms with Crippen molar-refractivity contribution >= 4 is 28.1 Å². The van der Waals surface area contributed by atoms with Crippen LogP contribution >= 0.6 is 23.1 Å². The lowest BCUT2D eigenvalue weighted by Gasteiger charge is -2.05. The van der Waals surface area contributed by atoms with E-state index in [1.165, 1.54) is 15.9 Å². The van der Waals surface area contributed by atoms with E-state index >= 15 is 0 Å². The summed E-state index contributed by atoms with van der Waals surface area (Å²) in [6.45, 7) is 1.87. The monoisotopic (exact) mass is 369 g/mol. The maximum Gasteiger partial charge on any atom is 0.275 e. The van der Waals surface area contributed by atoms with Crippen LogP contribution in [0.1, 0.15) is 10.7 Å². The van der Waals surface area contributed by atoms with Crippen molar-refractivity contribution in [1.29, 1.82) is 0 Å². The zero-order valence-electron chi connectivity index (χ0n) is 13.7. The molecule has 0 fully saturated rings. The van der Waals surface area contributed by atoms with E-state index < -0.39 is 0 Å². The van der Waals surface area contributed by atoms with Gasteiger partial charge in [-0.1, -0.05) is 53.4 Å². The smallest absolute Gasteiger partial charge is 0.275 e. The Labute approximate surface area is 152 Å². The molecule has 0 unspecified atom stereocenters. The van der Waals surface area contributed by atoms with Crippen molar-refractivity contribution in [2.75, 3.05) is 0 Å². The van der Waals surface area contributed by atoms with Gasteiger partial charge in [-0.3, -0.25) is 4.79 Å². The number of thioether (sulfide) groups is 1. The summed E-state index contributed by atoms with van der Waals surface area (Å²) in [6, 6.07) is 11.7. The third kappa shape index (κ3) is 3.10. The molecule has 4 rings (SSSR count). The van der Waals surface area contributed by atoms with Gasteiger partial charge in [0.1, 0.15) is 5.01 Å². The third-order valence-corrected chi connectivity index (χ3v) is 5.66. The highest BCUT2D eigenvalue weighted by Crippen LogP contribution is 2.26. The van der Waals surface area contributed by atoms with Crippen LogP contribution in [0, 0.1) is 6.92 Å². The third-order valence-electron chi connectivity index (χ3n) is 3.76. The van der Waals surface area contributed by atoms with Gasteiger partial charge < -0.3 is 4.57 Å². The zero-order valence-corrected chi connectivity index (χ0v) is 15.3. The number of hydrogen-bond donors (Lipinski definition) is 0. The Kier molecular flexibility index (Phi) is 4.14. The van der Waals surface area contributed by atoms with Crippen LogP contribution in [-0.2, 0) is 12.8 Å². The summed E-state index contributed by atoms with van der Waals surface area (Å²) in [4.78, 5) is 21.8. The lowest BCUT2D eigenvalue weighted by molar-refractivity contribution is 0.796. The Morgan fingerprint density at radius 1 is 1.24 bits per heavy atom. The van der Waals surface area contributed by atoms with Crippen LogP contribution in [0.3, 0.4) is 0 Å². The molecule has 0 saturated carbocycles. The van der Waals surface area contributed by atoms with Gasteiger partial charge in [-0.25, -0.2) is 9.97 Å². The van der Waals surface area contributed by atoms with Gasteiger partial charge in [0.2, 0.25) is 4.96 Å². The Balaban J connectivity index is 1.58. The molecule has 0 amide bonds. The van der Waals surface area contributed by atoms with Crippen LogP contribution in [0.25, 0.3) is 16.2 Å². The quantitative estimate of drug-likeness (QED) is 0.517. The van der Waals surface area contributed by atoms with E-state index in [9.17, 15) is 4.79 Å². The van der Waals surface area contributed by atoms with Crippen LogP contribution < -0.4 is 5.56 Å². The van der Waals surface area contributed by atoms with Gasteiger partial charge in [-0.15, -0.1) is 0 Å². The van der Waals surface area contributed by atoms with E-state index in [1.807, 2.05) is 38.4 Å². The zero-order chi connectivity index (χ0) is 17.4. The summed E-state index contributed by atoms with van der Waals surface area (Å²) >= 11 is 2.98. The minimum Gasteiger partial charge on any atom is -0.322 e. The second-order valence-electron chi connectivity index (χ2n) is 5.54. The maximum absolute atomic E-state index is 12.1. The SMILES string of the molecule is Cc1nn2c(=O)cc(CSc3ncc(-c4ccccc4)n3C)nc2s1. The van der Waals surface area contributed by atoms with Crippen molar-refractivity contribution in [1.82, 2.24) is 24.1 Å². The van der Waals surface area contributed by atoms with Crippen LogP contribution in [0.5, 0.6) is 0 Å². The van der Waals surface area contributed by atoms with Crippen LogP contribution in [0.15, 0.2) is 52.5 Å². The molecule has 0 atom stereocenters. The molecule has 0 aliphatic carbocycles. The number of nitrogens with zero attached hydrogens (tertiary/aromatic N) is 5. The highest BCUT2D eigenvalue weighted by atomic mass is 32.2. The predicted molar refractivity (Wildman–Crippen MR) is 100 cm³/mol. The molecule has 0 bridgehead atoms. The van der Waals surface area contributed by atoms with E-state index in [1.54, 1.807) is 17.8 Å². The molecule has 3 aromatic heterocycles. The Bertz CT molecular complexity index is 1100. The lowest BCUT2D eigenvalue weighted by Crippen LogP contribution is -2.15. The fourth-order valence-corrected chi connectivity index (χ4v) is 4.18. The first-order valence-corrected chi connectivity index (χ1v) is 9.48. The summed E-state index contributed by atoms with van der Waals surface area (Å²) in [5.74, 6) is 0.585. The average Bonchev–Trinajstić information content (AvgIpc) is 3.16. The number of hydrogen-bond acceptors (Lipinski definition) is 6. The van der Waals surface area contributed by atoms with E-state index in [-0.39, 0.29) is 5.56 Å². The molecule has 1 aromatic carbocycles. The molecule has 0 N–H and O–H groups in total. The standard InChI is InChI=1S/C17H15N5OS2/c1-11-20-22-15(23)8-13(19-17(22)25-11)10-24-16-18-9-14(21(16)2)12-6-4-3-5-7-12/h3-9H,10H2,1-2H3. The molecule has 8 heteroatoms. The van der Waals surface area contributed by atoms with Gasteiger partial charge in [0.05, 0.1) is 17.6 Å². The van der Waals surface area contributed by atoms with Gasteiger partial charge in [-0.2, -0.15) is 9.61 Å². The molecule has 0 saturated heterocycles. The van der Waals surface area contributed by atoms with Crippen molar-refractivity contribution in [2.45, 2.75) is 17.8 Å². The van der Waals surface area contributed by atoms with Gasteiger partial charge >= 0.3 is 0 Å². The first-order chi connectivity index (χ1) is 12.1. The Morgan fingerprint density at radius 2 is 2.04 bits per heavy atom. The topological polar surface area (TPSA) is 65.1 Å². The van der Waals surface area contributed by atoms with Crippen LogP contribution in [0.4, 0.5) is 0 Å². The molecule has 0 aliphatic heterocycles. The number of fused-ring (bicyclic) bond motifs is 1. The summed E-state index contributed by atoms with van der Waals surface area (Å²) in [7, 11) is 2.00. The van der Waals surface area contributed by atoms with Crippen molar-refractivity contribution in [2.24, 2.45) is 7.05 Å². The fourth-order valence-electron chi connectivity index (χ4n) is 2.57. The normalized spacial score (nSPS) is 11.3. The van der Waals surface area contributed by atoms with Crippen molar-refractivity contribution in [3.05, 3.63) is 63.7 Å². The molecule has 0 spiro atoms. The minimum atomic E-state index is -0.144. The molecular weight excluding hydrogens is 354 g/mol. The summed E-state index contributed by atoms with van der Waals surface area (Å²) in [5.41, 5.74) is 2.78. The Hall–Kier alpha value is -2.45. The van der Waals surface area contributed by atoms with E-state index in [4.69, 9.17) is 0 Å². The second-order valence-corrected chi connectivity index (χ2v) is 7.64. The van der Waals surface area contributed by atoms with E-state index in [2.05, 4.69) is 31.8 Å². The van der Waals surface area contributed by atoms with Crippen molar-refractivity contribution in [3.63, 3.8) is 0 Å². The minimum absolute atomic E-state index is 0.144. The molecule has 4 aromatic rings. The first-order valence-electron chi connectivity index (χ1n) is 7.68. The number of aromatic nitrogens is 5. The molecule has 126 valence electrons. The second kappa shape index (κ2) is 6.45. The molecule has 3 heterocycles. The molecule has 0 aliphatic rings. The molecule has 25 heavy (non-hydrogen) atoms. The highest BCUT2D eigenvalue weighted by molar-refractivity contribution is 7.98. The number of benzene rings is 1. The summed E-state index contributed by atoms with van der Waals surface area (Å²) < 4.78 is 3.41. The van der Waals surface area contributed by atoms with Gasteiger partial charge in [0.15, 0.2) is 5.16 Å². The van der Waals surface area contributed by atoms with E-state index in [0.29, 0.717) is 10.7 Å². The van der Waals surface area contributed by atoms with Gasteiger partial charge in [0, 0.05) is 18.9 Å². The van der Waals surface area contributed by atoms with Gasteiger partial charge in [0.25, 0.3) is 5.56 Å². The summed E-state index contributed by atoms with van der Waals surface area (Å²) in [5, 5.41) is 5.88. The molecular formula is C17H15N5OS2. The van der Waals surface area contributed by atoms with Crippen molar-refractivity contribution < 1.29 is 0 Å². The number of rotatable bonds is 4. The largest absolute Gasteiger partial charge is 0.322 e. The predicted octanol–water partition coefficient (Wildman–Crippen LogP) is 3.15. The highest BCUT2D eigenvalue weighted by Gasteiger charge is 2.11. The average molecular weight is 369 g/mol. The van der Waals surface area contributed by atoms with Crippen LogP contribution in [0.2, 0.25) is 0 Å². The lowest BCUT2D eigenvalue weighted by atomic mass is 10.2.